The summed E-state index contributed by atoms with van der Waals surface area (Å²) >= 11 is 0. The van der Waals surface area contributed by atoms with Crippen LogP contribution in [-0.2, 0) is 19.1 Å². The smallest absolute Gasteiger partial charge is 0.305 e. The van der Waals surface area contributed by atoms with Crippen LogP contribution in [0.25, 0.3) is 0 Å². The summed E-state index contributed by atoms with van der Waals surface area (Å²) in [7, 11) is 0. The van der Waals surface area contributed by atoms with Crippen molar-refractivity contribution >= 4 is 17.9 Å². The zero-order valence-electron chi connectivity index (χ0n) is 28.0. The Morgan fingerprint density at radius 3 is 1.15 bits per heavy atom. The van der Waals surface area contributed by atoms with Gasteiger partial charge >= 0.3 is 17.9 Å². The number of ether oxygens (including phenoxy) is 1. The summed E-state index contributed by atoms with van der Waals surface area (Å²) in [6.45, 7) is 19.4. The van der Waals surface area contributed by atoms with Crippen molar-refractivity contribution in [1.29, 1.82) is 0 Å². The van der Waals surface area contributed by atoms with Crippen molar-refractivity contribution in [3.63, 3.8) is 0 Å². The van der Waals surface area contributed by atoms with Crippen molar-refractivity contribution in [2.24, 2.45) is 16.2 Å². The molecule has 41 heavy (non-hydrogen) atoms. The Hall–Kier alpha value is -1.67. The number of hydrogen-bond donors (Lipinski definition) is 4. The van der Waals surface area contributed by atoms with Crippen molar-refractivity contribution in [1.82, 2.24) is 0 Å². The highest BCUT2D eigenvalue weighted by atomic mass is 16.5. The normalized spacial score (nSPS) is 12.4. The fourth-order valence-corrected chi connectivity index (χ4v) is 3.63. The lowest BCUT2D eigenvalue weighted by atomic mass is 9.89. The van der Waals surface area contributed by atoms with Gasteiger partial charge in [-0.15, -0.1) is 0 Å². The maximum atomic E-state index is 11.2. The molecule has 0 aliphatic carbocycles. The third-order valence-corrected chi connectivity index (χ3v) is 6.09. The highest BCUT2D eigenvalue weighted by Crippen LogP contribution is 2.23. The number of hydrogen-bond acceptors (Lipinski definition) is 6. The van der Waals surface area contributed by atoms with Crippen LogP contribution < -0.4 is 0 Å². The molecule has 0 rings (SSSR count). The second-order valence-electron chi connectivity index (χ2n) is 14.7. The van der Waals surface area contributed by atoms with Gasteiger partial charge in [-0.3, -0.25) is 14.4 Å². The number of esters is 1. The van der Waals surface area contributed by atoms with E-state index in [2.05, 4.69) is 62.3 Å². The number of carboxylic acids is 2. The summed E-state index contributed by atoms with van der Waals surface area (Å²) in [5.74, 6) is -1.65. The zero-order chi connectivity index (χ0) is 32.5. The van der Waals surface area contributed by atoms with E-state index in [1.165, 1.54) is 12.8 Å². The van der Waals surface area contributed by atoms with E-state index in [1.54, 1.807) is 0 Å². The van der Waals surface area contributed by atoms with Gasteiger partial charge in [-0.25, -0.2) is 0 Å². The molecule has 246 valence electrons. The lowest BCUT2D eigenvalue weighted by Gasteiger charge is -2.17. The molecule has 0 spiro atoms. The van der Waals surface area contributed by atoms with Gasteiger partial charge in [0, 0.05) is 19.3 Å². The Bertz CT molecular complexity index is 620. The molecule has 0 saturated heterocycles. The van der Waals surface area contributed by atoms with Crippen LogP contribution in [0.5, 0.6) is 0 Å². The predicted molar refractivity (Wildman–Crippen MR) is 167 cm³/mol. The summed E-state index contributed by atoms with van der Waals surface area (Å²) < 4.78 is 4.79. The molecule has 0 radical (unpaired) electrons. The molecule has 0 aromatic carbocycles. The molecular weight excluding hydrogens is 524 g/mol. The van der Waals surface area contributed by atoms with Gasteiger partial charge in [-0.1, -0.05) is 101 Å². The Kier molecular flexibility index (Phi) is 26.6. The molecule has 0 aromatic heterocycles. The molecule has 0 amide bonds. The van der Waals surface area contributed by atoms with Crippen molar-refractivity contribution in [2.75, 3.05) is 13.2 Å². The second-order valence-corrected chi connectivity index (χ2v) is 14.7. The number of aliphatic hydroxyl groups excluding tert-OH is 2. The van der Waals surface area contributed by atoms with E-state index in [-0.39, 0.29) is 19.2 Å². The first-order chi connectivity index (χ1) is 18.7. The molecular formula is C33H66O8. The topological polar surface area (TPSA) is 141 Å². The molecule has 0 aliphatic heterocycles. The van der Waals surface area contributed by atoms with Gasteiger partial charge < -0.3 is 25.2 Å². The Morgan fingerprint density at radius 2 is 0.878 bits per heavy atom. The van der Waals surface area contributed by atoms with Gasteiger partial charge in [0.25, 0.3) is 0 Å². The van der Waals surface area contributed by atoms with Crippen molar-refractivity contribution in [3.8, 4) is 0 Å². The van der Waals surface area contributed by atoms with Crippen molar-refractivity contribution in [3.05, 3.63) is 0 Å². The number of carbonyl (C=O) groups excluding carboxylic acids is 1. The van der Waals surface area contributed by atoms with Crippen LogP contribution in [0.15, 0.2) is 0 Å². The van der Waals surface area contributed by atoms with Gasteiger partial charge in [0.1, 0.15) is 12.7 Å². The summed E-state index contributed by atoms with van der Waals surface area (Å²) in [6.07, 6.45) is 12.6. The van der Waals surface area contributed by atoms with Crippen molar-refractivity contribution in [2.45, 2.75) is 165 Å². The average Bonchev–Trinajstić information content (AvgIpc) is 2.80. The Balaban J connectivity index is -0.000000542. The number of carboxylic acid groups (broad SMARTS) is 2. The largest absolute Gasteiger partial charge is 0.481 e. The van der Waals surface area contributed by atoms with E-state index < -0.39 is 18.0 Å². The summed E-state index contributed by atoms with van der Waals surface area (Å²) in [4.78, 5) is 31.5. The molecule has 0 aromatic rings. The predicted octanol–water partition coefficient (Wildman–Crippen LogP) is 8.01. The third-order valence-electron chi connectivity index (χ3n) is 6.09. The Labute approximate surface area is 251 Å². The van der Waals surface area contributed by atoms with E-state index in [9.17, 15) is 14.4 Å². The number of unbranched alkanes of at least 4 members (excludes halogenated alkanes) is 6. The summed E-state index contributed by atoms with van der Waals surface area (Å²) in [5.41, 5.74) is 1.14. The highest BCUT2D eigenvalue weighted by molar-refractivity contribution is 5.69. The maximum Gasteiger partial charge on any atom is 0.305 e. The molecule has 0 heterocycles. The molecule has 8 nitrogen and oxygen atoms in total. The fraction of sp³-hybridized carbons (Fsp3) is 0.909. The molecule has 0 saturated carbocycles. The number of aliphatic carboxylic acids is 2. The number of rotatable bonds is 18. The molecule has 0 fully saturated rings. The van der Waals surface area contributed by atoms with Gasteiger partial charge in [-0.05, 0) is 54.8 Å². The van der Waals surface area contributed by atoms with Crippen LogP contribution >= 0.6 is 0 Å². The minimum Gasteiger partial charge on any atom is -0.481 e. The molecule has 1 atom stereocenters. The van der Waals surface area contributed by atoms with Gasteiger partial charge in [0.15, 0.2) is 0 Å². The lowest BCUT2D eigenvalue weighted by Crippen LogP contribution is -2.21. The van der Waals surface area contributed by atoms with Crippen LogP contribution in [0.1, 0.15) is 159 Å². The molecule has 4 N–H and O–H groups in total. The van der Waals surface area contributed by atoms with E-state index >= 15 is 0 Å². The van der Waals surface area contributed by atoms with Gasteiger partial charge in [0.05, 0.1) is 6.61 Å². The molecule has 8 heteroatoms. The minimum atomic E-state index is -0.958. The zero-order valence-corrected chi connectivity index (χ0v) is 28.0. The molecule has 1 unspecified atom stereocenters. The summed E-state index contributed by atoms with van der Waals surface area (Å²) in [5, 5.41) is 34.3. The average molecular weight is 591 g/mol. The van der Waals surface area contributed by atoms with Crippen LogP contribution in [0.2, 0.25) is 0 Å². The number of carbonyl (C=O) groups is 3. The molecule has 0 aliphatic rings. The lowest BCUT2D eigenvalue weighted by molar-refractivity contribution is -0.147. The first-order valence-corrected chi connectivity index (χ1v) is 15.6. The van der Waals surface area contributed by atoms with E-state index in [0.717, 1.165) is 64.2 Å². The first-order valence-electron chi connectivity index (χ1n) is 15.6. The minimum absolute atomic E-state index is 0.114. The maximum absolute atomic E-state index is 11.2. The van der Waals surface area contributed by atoms with Crippen LogP contribution in [0, 0.1) is 16.2 Å². The van der Waals surface area contributed by atoms with Crippen LogP contribution in [0.3, 0.4) is 0 Å². The van der Waals surface area contributed by atoms with Gasteiger partial charge in [0.2, 0.25) is 0 Å². The van der Waals surface area contributed by atoms with Crippen LogP contribution in [-0.4, -0.2) is 57.7 Å². The van der Waals surface area contributed by atoms with Gasteiger partial charge in [-0.2, -0.15) is 0 Å². The van der Waals surface area contributed by atoms with Crippen LogP contribution in [0.4, 0.5) is 0 Å². The second kappa shape index (κ2) is 24.9. The SMILES string of the molecule is CC(C)(C)CCCCCC(=O)O.CC(C)(C)CCCCCC(=O)O.CC(C)(C)CCCCCC(=O)OCC(O)CO. The highest BCUT2D eigenvalue weighted by Gasteiger charge is 2.11. The summed E-state index contributed by atoms with van der Waals surface area (Å²) in [6, 6.07) is 0. The van der Waals surface area contributed by atoms with E-state index in [4.69, 9.17) is 25.2 Å². The third kappa shape index (κ3) is 48.4. The monoisotopic (exact) mass is 590 g/mol. The van der Waals surface area contributed by atoms with Crippen molar-refractivity contribution < 1.29 is 39.5 Å². The van der Waals surface area contributed by atoms with E-state index in [0.29, 0.717) is 35.5 Å². The fourth-order valence-electron chi connectivity index (χ4n) is 3.63. The molecule has 0 bridgehead atoms. The van der Waals surface area contributed by atoms with E-state index in [1.807, 2.05) is 0 Å². The standard InChI is InChI=1S/C13H26O4.2C10H20O2/c1-13(2,3)8-6-4-5-7-12(16)17-10-11(15)9-14;2*1-10(2,3)8-6-4-5-7-9(11)12/h11,14-15H,4-10H2,1-3H3;2*4-8H2,1-3H3,(H,11,12). The quantitative estimate of drug-likeness (QED) is 0.0929. The Morgan fingerprint density at radius 1 is 0.561 bits per heavy atom. The number of aliphatic hydroxyl groups is 2. The first kappa shape index (κ1) is 43.8.